The Kier molecular flexibility index (Phi) is 3.72. The lowest BCUT2D eigenvalue weighted by atomic mass is 10.1. The first-order valence-corrected chi connectivity index (χ1v) is 6.95. The molecule has 4 N–H and O–H groups in total. The van der Waals surface area contributed by atoms with Gasteiger partial charge in [-0.15, -0.1) is 0 Å². The zero-order chi connectivity index (χ0) is 16.4. The van der Waals surface area contributed by atoms with Crippen LogP contribution in [0.1, 0.15) is 20.7 Å². The van der Waals surface area contributed by atoms with Gasteiger partial charge in [0.05, 0.1) is 12.7 Å². The molecule has 6 nitrogen and oxygen atoms in total. The zero-order valence-corrected chi connectivity index (χ0v) is 12.4. The number of nitrogens with one attached hydrogen (secondary N) is 2. The number of methoxy groups -OCH3 is 1. The number of ether oxygens (including phenoxy) is 1. The molecule has 3 rings (SSSR count). The van der Waals surface area contributed by atoms with Crippen molar-refractivity contribution in [2.45, 2.75) is 0 Å². The molecule has 1 heterocycles. The Hall–Kier alpha value is -3.28. The molecule has 0 spiro atoms. The van der Waals surface area contributed by atoms with Crippen LogP contribution in [0.3, 0.4) is 0 Å². The van der Waals surface area contributed by atoms with Crippen LogP contribution in [-0.2, 0) is 0 Å². The van der Waals surface area contributed by atoms with Crippen LogP contribution in [0.4, 0.5) is 5.69 Å². The van der Waals surface area contributed by atoms with Gasteiger partial charge in [-0.2, -0.15) is 0 Å². The van der Waals surface area contributed by atoms with Crippen LogP contribution >= 0.6 is 0 Å². The van der Waals surface area contributed by atoms with Crippen LogP contribution in [-0.4, -0.2) is 23.9 Å². The van der Waals surface area contributed by atoms with Gasteiger partial charge in [-0.3, -0.25) is 9.59 Å². The summed E-state index contributed by atoms with van der Waals surface area (Å²) in [6, 6.07) is 11.9. The number of nitrogens with two attached hydrogens (primary N) is 1. The van der Waals surface area contributed by atoms with E-state index in [-0.39, 0.29) is 17.0 Å². The van der Waals surface area contributed by atoms with Gasteiger partial charge in [0.2, 0.25) is 5.91 Å². The third-order valence-corrected chi connectivity index (χ3v) is 3.54. The highest BCUT2D eigenvalue weighted by Gasteiger charge is 2.15. The molecule has 0 bridgehead atoms. The van der Waals surface area contributed by atoms with Crippen molar-refractivity contribution < 1.29 is 14.3 Å². The highest BCUT2D eigenvalue weighted by atomic mass is 16.5. The molecular weight excluding hydrogens is 294 g/mol. The minimum absolute atomic E-state index is 0.247. The molecule has 0 unspecified atom stereocenters. The highest BCUT2D eigenvalue weighted by molar-refractivity contribution is 6.08. The molecule has 0 aliphatic carbocycles. The summed E-state index contributed by atoms with van der Waals surface area (Å²) < 4.78 is 5.18. The number of benzene rings is 2. The van der Waals surface area contributed by atoms with E-state index in [9.17, 15) is 9.59 Å². The van der Waals surface area contributed by atoms with Gasteiger partial charge in [0.1, 0.15) is 5.75 Å². The fourth-order valence-corrected chi connectivity index (χ4v) is 2.37. The van der Waals surface area contributed by atoms with Crippen molar-refractivity contribution in [1.29, 1.82) is 0 Å². The molecule has 116 valence electrons. The number of H-pyrrole nitrogens is 1. The normalized spacial score (nSPS) is 10.5. The number of hydrogen-bond acceptors (Lipinski definition) is 3. The van der Waals surface area contributed by atoms with Crippen LogP contribution in [0.25, 0.3) is 10.9 Å². The first-order chi connectivity index (χ1) is 11.1. The topological polar surface area (TPSA) is 97.2 Å². The maximum absolute atomic E-state index is 12.5. The predicted molar refractivity (Wildman–Crippen MR) is 87.8 cm³/mol. The van der Waals surface area contributed by atoms with Crippen molar-refractivity contribution in [3.63, 3.8) is 0 Å². The third-order valence-electron chi connectivity index (χ3n) is 3.54. The fraction of sp³-hybridized carbons (Fsp3) is 0.0588. The number of hydrogen-bond donors (Lipinski definition) is 3. The highest BCUT2D eigenvalue weighted by Crippen LogP contribution is 2.23. The summed E-state index contributed by atoms with van der Waals surface area (Å²) in [6.07, 6.45) is 1.83. The summed E-state index contributed by atoms with van der Waals surface area (Å²) in [5, 5.41) is 3.78. The van der Waals surface area contributed by atoms with E-state index in [0.29, 0.717) is 11.4 Å². The van der Waals surface area contributed by atoms with E-state index in [1.165, 1.54) is 19.2 Å². The van der Waals surface area contributed by atoms with Crippen LogP contribution in [0.15, 0.2) is 48.7 Å². The van der Waals surface area contributed by atoms with Crippen molar-refractivity contribution in [3.8, 4) is 5.75 Å². The molecule has 2 amide bonds. The van der Waals surface area contributed by atoms with Gasteiger partial charge in [0.25, 0.3) is 5.91 Å². The van der Waals surface area contributed by atoms with Crippen molar-refractivity contribution in [3.05, 3.63) is 59.8 Å². The van der Waals surface area contributed by atoms with Crippen LogP contribution in [0.5, 0.6) is 5.75 Å². The van der Waals surface area contributed by atoms with Crippen LogP contribution in [0, 0.1) is 0 Å². The van der Waals surface area contributed by atoms with E-state index in [2.05, 4.69) is 10.3 Å². The Labute approximate surface area is 132 Å². The van der Waals surface area contributed by atoms with E-state index < -0.39 is 5.91 Å². The quantitative estimate of drug-likeness (QED) is 0.690. The predicted octanol–water partition coefficient (Wildman–Crippen LogP) is 2.53. The third kappa shape index (κ3) is 2.87. The van der Waals surface area contributed by atoms with Gasteiger partial charge in [-0.25, -0.2) is 0 Å². The van der Waals surface area contributed by atoms with Gasteiger partial charge in [-0.1, -0.05) is 0 Å². The van der Waals surface area contributed by atoms with Crippen molar-refractivity contribution >= 4 is 28.4 Å². The van der Waals surface area contributed by atoms with E-state index in [1.54, 1.807) is 12.1 Å². The number of primary amides is 1. The Bertz CT molecular complexity index is 899. The van der Waals surface area contributed by atoms with E-state index in [4.69, 9.17) is 10.5 Å². The Morgan fingerprint density at radius 2 is 1.96 bits per heavy atom. The average Bonchev–Trinajstić information content (AvgIpc) is 3.01. The number of anilines is 1. The van der Waals surface area contributed by atoms with Crippen molar-refractivity contribution in [1.82, 2.24) is 4.98 Å². The van der Waals surface area contributed by atoms with E-state index in [0.717, 1.165) is 10.9 Å². The molecule has 0 saturated heterocycles. The molecule has 0 fully saturated rings. The fourth-order valence-electron chi connectivity index (χ4n) is 2.37. The number of aromatic nitrogens is 1. The number of rotatable bonds is 4. The van der Waals surface area contributed by atoms with Gasteiger partial charge >= 0.3 is 0 Å². The molecule has 0 aliphatic rings. The minimum atomic E-state index is -0.601. The van der Waals surface area contributed by atoms with Gasteiger partial charge in [-0.05, 0) is 42.5 Å². The Morgan fingerprint density at radius 1 is 1.13 bits per heavy atom. The van der Waals surface area contributed by atoms with Gasteiger partial charge in [0.15, 0.2) is 0 Å². The zero-order valence-electron chi connectivity index (χ0n) is 12.4. The van der Waals surface area contributed by atoms with Crippen LogP contribution < -0.4 is 15.8 Å². The maximum atomic E-state index is 12.5. The number of amides is 2. The number of carbonyl (C=O) groups excluding carboxylic acids is 2. The lowest BCUT2D eigenvalue weighted by Crippen LogP contribution is -2.16. The summed E-state index contributed by atoms with van der Waals surface area (Å²) in [4.78, 5) is 26.9. The molecule has 0 atom stereocenters. The Balaban J connectivity index is 1.92. The average molecular weight is 309 g/mol. The van der Waals surface area contributed by atoms with Crippen molar-refractivity contribution in [2.75, 3.05) is 12.4 Å². The van der Waals surface area contributed by atoms with Gasteiger partial charge in [0, 0.05) is 28.4 Å². The summed E-state index contributed by atoms with van der Waals surface area (Å²) in [5.74, 6) is -0.606. The molecule has 3 aromatic rings. The van der Waals surface area contributed by atoms with E-state index in [1.807, 2.05) is 24.4 Å². The largest absolute Gasteiger partial charge is 0.496 e. The lowest BCUT2D eigenvalue weighted by molar-refractivity contribution is 0.1000. The summed E-state index contributed by atoms with van der Waals surface area (Å²) in [5.41, 5.74) is 7.39. The smallest absolute Gasteiger partial charge is 0.259 e. The standard InChI is InChI=1S/C17H15N3O3/c1-23-15-5-2-11(16(18)21)9-13(15)17(22)20-12-3-4-14-10(8-12)6-7-19-14/h2-9,19H,1H3,(H2,18,21)(H,20,22). The molecule has 0 aliphatic heterocycles. The molecular formula is C17H15N3O3. The molecule has 0 radical (unpaired) electrons. The first-order valence-electron chi connectivity index (χ1n) is 6.95. The van der Waals surface area contributed by atoms with Crippen LogP contribution in [0.2, 0.25) is 0 Å². The summed E-state index contributed by atoms with van der Waals surface area (Å²) >= 11 is 0. The molecule has 6 heteroatoms. The molecule has 23 heavy (non-hydrogen) atoms. The van der Waals surface area contributed by atoms with Crippen molar-refractivity contribution in [2.24, 2.45) is 5.73 Å². The molecule has 0 saturated carbocycles. The second-order valence-corrected chi connectivity index (χ2v) is 5.01. The lowest BCUT2D eigenvalue weighted by Gasteiger charge is -2.10. The number of fused-ring (bicyclic) bond motifs is 1. The first kappa shape index (κ1) is 14.6. The monoisotopic (exact) mass is 309 g/mol. The van der Waals surface area contributed by atoms with E-state index >= 15 is 0 Å². The number of carbonyl (C=O) groups is 2. The SMILES string of the molecule is COc1ccc(C(N)=O)cc1C(=O)Nc1ccc2[nH]ccc2c1. The summed E-state index contributed by atoms with van der Waals surface area (Å²) in [7, 11) is 1.46. The van der Waals surface area contributed by atoms with Gasteiger partial charge < -0.3 is 20.8 Å². The molecule has 2 aromatic carbocycles. The Morgan fingerprint density at radius 3 is 2.70 bits per heavy atom. The number of aromatic amines is 1. The maximum Gasteiger partial charge on any atom is 0.259 e. The molecule has 1 aromatic heterocycles. The second-order valence-electron chi connectivity index (χ2n) is 5.01. The second kappa shape index (κ2) is 5.84. The minimum Gasteiger partial charge on any atom is -0.496 e. The summed E-state index contributed by atoms with van der Waals surface area (Å²) in [6.45, 7) is 0.